The Balaban J connectivity index is 3.22. The lowest BCUT2D eigenvalue weighted by Crippen LogP contribution is -1.98. The van der Waals surface area contributed by atoms with Crippen molar-refractivity contribution in [3.63, 3.8) is 0 Å². The van der Waals surface area contributed by atoms with Crippen LogP contribution in [0.3, 0.4) is 0 Å². The molecule has 1 nitrogen and oxygen atoms in total. The van der Waals surface area contributed by atoms with E-state index >= 15 is 0 Å². The Bertz CT molecular complexity index is 309. The summed E-state index contributed by atoms with van der Waals surface area (Å²) in [5.41, 5.74) is 4.75. The predicted octanol–water partition coefficient (Wildman–Crippen LogP) is 3.91. The molecular formula is C14H22O. The highest BCUT2D eigenvalue weighted by molar-refractivity contribution is 5.49. The molecule has 1 aromatic rings. The molecule has 0 atom stereocenters. The molecule has 0 heterocycles. The third kappa shape index (κ3) is 2.53. The van der Waals surface area contributed by atoms with Crippen LogP contribution in [0.2, 0.25) is 0 Å². The lowest BCUT2D eigenvalue weighted by molar-refractivity contribution is 0.458. The first-order valence-corrected chi connectivity index (χ1v) is 5.92. The third-order valence-corrected chi connectivity index (χ3v) is 2.96. The summed E-state index contributed by atoms with van der Waals surface area (Å²) in [6, 6.07) is 2.20. The van der Waals surface area contributed by atoms with Gasteiger partial charge in [0.15, 0.2) is 0 Å². The second-order valence-corrected chi connectivity index (χ2v) is 4.32. The Morgan fingerprint density at radius 3 is 1.67 bits per heavy atom. The van der Waals surface area contributed by atoms with E-state index in [-0.39, 0.29) is 0 Å². The van der Waals surface area contributed by atoms with Gasteiger partial charge < -0.3 is 5.11 Å². The van der Waals surface area contributed by atoms with Crippen molar-refractivity contribution in [2.45, 2.75) is 53.4 Å². The topological polar surface area (TPSA) is 20.2 Å². The number of aryl methyl sites for hydroxylation is 2. The zero-order valence-electron chi connectivity index (χ0n) is 10.4. The van der Waals surface area contributed by atoms with Crippen LogP contribution in [-0.2, 0) is 12.8 Å². The first kappa shape index (κ1) is 12.1. The van der Waals surface area contributed by atoms with Crippen molar-refractivity contribution in [1.82, 2.24) is 0 Å². The molecule has 0 spiro atoms. The zero-order valence-corrected chi connectivity index (χ0v) is 10.4. The Labute approximate surface area is 93.1 Å². The summed E-state index contributed by atoms with van der Waals surface area (Å²) in [6.45, 7) is 8.48. The summed E-state index contributed by atoms with van der Waals surface area (Å²) in [7, 11) is 0. The summed E-state index contributed by atoms with van der Waals surface area (Å²) in [5.74, 6) is 0.552. The van der Waals surface area contributed by atoms with Gasteiger partial charge >= 0.3 is 0 Å². The van der Waals surface area contributed by atoms with Crippen molar-refractivity contribution in [1.29, 1.82) is 0 Å². The second kappa shape index (κ2) is 5.20. The Morgan fingerprint density at radius 1 is 0.933 bits per heavy atom. The van der Waals surface area contributed by atoms with Crippen molar-refractivity contribution in [3.8, 4) is 5.75 Å². The molecule has 1 aromatic carbocycles. The highest BCUT2D eigenvalue weighted by Gasteiger charge is 2.11. The highest BCUT2D eigenvalue weighted by Crippen LogP contribution is 2.30. The minimum absolute atomic E-state index is 0.552. The van der Waals surface area contributed by atoms with Gasteiger partial charge in [-0.2, -0.15) is 0 Å². The number of aromatic hydroxyl groups is 1. The number of hydrogen-bond donors (Lipinski definition) is 1. The van der Waals surface area contributed by atoms with Crippen molar-refractivity contribution in [2.75, 3.05) is 0 Å². The van der Waals surface area contributed by atoms with E-state index in [0.717, 1.165) is 36.8 Å². The number of phenolic OH excluding ortho intramolecular Hbond substituents is 1. The van der Waals surface area contributed by atoms with Crippen LogP contribution < -0.4 is 0 Å². The molecule has 0 saturated carbocycles. The van der Waals surface area contributed by atoms with Crippen LogP contribution >= 0.6 is 0 Å². The van der Waals surface area contributed by atoms with Gasteiger partial charge in [0.25, 0.3) is 0 Å². The van der Waals surface area contributed by atoms with Crippen LogP contribution in [0, 0.1) is 13.8 Å². The SMILES string of the molecule is CCCc1c(C)cc(C)c(CCC)c1O. The summed E-state index contributed by atoms with van der Waals surface area (Å²) in [6.07, 6.45) is 4.13. The van der Waals surface area contributed by atoms with Gasteiger partial charge in [-0.1, -0.05) is 32.8 Å². The van der Waals surface area contributed by atoms with Gasteiger partial charge in [0.2, 0.25) is 0 Å². The van der Waals surface area contributed by atoms with E-state index in [9.17, 15) is 5.11 Å². The largest absolute Gasteiger partial charge is 0.507 e. The van der Waals surface area contributed by atoms with E-state index in [0.29, 0.717) is 5.75 Å². The highest BCUT2D eigenvalue weighted by atomic mass is 16.3. The second-order valence-electron chi connectivity index (χ2n) is 4.32. The monoisotopic (exact) mass is 206 g/mol. The summed E-state index contributed by atoms with van der Waals surface area (Å²) in [5, 5.41) is 10.2. The van der Waals surface area contributed by atoms with Gasteiger partial charge in [-0.15, -0.1) is 0 Å². The van der Waals surface area contributed by atoms with Crippen molar-refractivity contribution < 1.29 is 5.11 Å². The molecule has 0 amide bonds. The third-order valence-electron chi connectivity index (χ3n) is 2.96. The standard InChI is InChI=1S/C14H22O/c1-5-7-12-10(3)9-11(4)13(8-6-2)14(12)15/h9,15H,5-8H2,1-4H3. The lowest BCUT2D eigenvalue weighted by atomic mass is 9.93. The van der Waals surface area contributed by atoms with Gasteiger partial charge in [-0.25, -0.2) is 0 Å². The maximum absolute atomic E-state index is 10.2. The zero-order chi connectivity index (χ0) is 11.4. The van der Waals surface area contributed by atoms with Crippen LogP contribution in [0.4, 0.5) is 0 Å². The molecule has 1 rings (SSSR count). The number of benzene rings is 1. The predicted molar refractivity (Wildman–Crippen MR) is 65.6 cm³/mol. The van der Waals surface area contributed by atoms with Crippen molar-refractivity contribution in [2.24, 2.45) is 0 Å². The van der Waals surface area contributed by atoms with Crippen LogP contribution in [-0.4, -0.2) is 5.11 Å². The van der Waals surface area contributed by atoms with E-state index in [4.69, 9.17) is 0 Å². The molecule has 15 heavy (non-hydrogen) atoms. The molecular weight excluding hydrogens is 184 g/mol. The van der Waals surface area contributed by atoms with Crippen LogP contribution in [0.15, 0.2) is 6.07 Å². The number of phenols is 1. The van der Waals surface area contributed by atoms with Crippen molar-refractivity contribution in [3.05, 3.63) is 28.3 Å². The van der Waals surface area contributed by atoms with Crippen molar-refractivity contribution >= 4 is 0 Å². The Hall–Kier alpha value is -0.980. The molecule has 0 radical (unpaired) electrons. The molecule has 0 saturated heterocycles. The molecule has 84 valence electrons. The van der Waals surface area contributed by atoms with Gasteiger partial charge in [-0.3, -0.25) is 0 Å². The Kier molecular flexibility index (Phi) is 4.19. The molecule has 1 heteroatoms. The van der Waals surface area contributed by atoms with Crippen LogP contribution in [0.5, 0.6) is 5.75 Å². The fourth-order valence-corrected chi connectivity index (χ4v) is 2.19. The van der Waals surface area contributed by atoms with Crippen LogP contribution in [0.1, 0.15) is 48.9 Å². The van der Waals surface area contributed by atoms with E-state index < -0.39 is 0 Å². The molecule has 0 aliphatic carbocycles. The molecule has 0 aliphatic rings. The minimum Gasteiger partial charge on any atom is -0.507 e. The summed E-state index contributed by atoms with van der Waals surface area (Å²) >= 11 is 0. The van der Waals surface area contributed by atoms with Gasteiger partial charge in [0, 0.05) is 0 Å². The number of rotatable bonds is 4. The Morgan fingerprint density at radius 2 is 1.33 bits per heavy atom. The fourth-order valence-electron chi connectivity index (χ4n) is 2.19. The molecule has 0 aromatic heterocycles. The first-order valence-electron chi connectivity index (χ1n) is 5.92. The fraction of sp³-hybridized carbons (Fsp3) is 0.571. The smallest absolute Gasteiger partial charge is 0.122 e. The lowest BCUT2D eigenvalue weighted by Gasteiger charge is -2.14. The molecule has 0 fully saturated rings. The molecule has 0 bridgehead atoms. The quantitative estimate of drug-likeness (QED) is 0.791. The van der Waals surface area contributed by atoms with E-state index in [1.54, 1.807) is 0 Å². The number of hydrogen-bond acceptors (Lipinski definition) is 1. The van der Waals surface area contributed by atoms with E-state index in [1.807, 2.05) is 0 Å². The average molecular weight is 206 g/mol. The van der Waals surface area contributed by atoms with E-state index in [2.05, 4.69) is 33.8 Å². The maximum Gasteiger partial charge on any atom is 0.122 e. The summed E-state index contributed by atoms with van der Waals surface area (Å²) in [4.78, 5) is 0. The van der Waals surface area contributed by atoms with Gasteiger partial charge in [-0.05, 0) is 48.9 Å². The van der Waals surface area contributed by atoms with Crippen LogP contribution in [0.25, 0.3) is 0 Å². The average Bonchev–Trinajstić information content (AvgIpc) is 2.19. The van der Waals surface area contributed by atoms with Gasteiger partial charge in [0.05, 0.1) is 0 Å². The first-order chi connectivity index (χ1) is 7.11. The van der Waals surface area contributed by atoms with E-state index in [1.165, 1.54) is 11.1 Å². The molecule has 0 unspecified atom stereocenters. The maximum atomic E-state index is 10.2. The minimum atomic E-state index is 0.552. The van der Waals surface area contributed by atoms with Gasteiger partial charge in [0.1, 0.15) is 5.75 Å². The molecule has 0 aliphatic heterocycles. The summed E-state index contributed by atoms with van der Waals surface area (Å²) < 4.78 is 0. The molecule has 1 N–H and O–H groups in total. The normalized spacial score (nSPS) is 10.7.